The van der Waals surface area contributed by atoms with Crippen molar-refractivity contribution in [3.8, 4) is 0 Å². The summed E-state index contributed by atoms with van der Waals surface area (Å²) in [5.41, 5.74) is 3.92. The highest BCUT2D eigenvalue weighted by Crippen LogP contribution is 2.22. The number of allylic oxidation sites excluding steroid dienone is 1. The van der Waals surface area contributed by atoms with Crippen LogP contribution in [0.1, 0.15) is 36.5 Å². The smallest absolute Gasteiger partial charge is 0.236 e. The molecule has 0 spiro atoms. The molecule has 1 heterocycles. The van der Waals surface area contributed by atoms with Gasteiger partial charge in [-0.05, 0) is 49.3 Å². The second-order valence-corrected chi connectivity index (χ2v) is 7.04. The molecule has 5 heteroatoms. The van der Waals surface area contributed by atoms with Crippen LogP contribution in [0.15, 0.2) is 24.3 Å². The van der Waals surface area contributed by atoms with Crippen molar-refractivity contribution in [1.29, 1.82) is 0 Å². The average molecular weight is 357 g/mol. The van der Waals surface area contributed by atoms with Gasteiger partial charge < -0.3 is 15.5 Å². The Labute approximate surface area is 156 Å². The topological polar surface area (TPSA) is 61.4 Å². The van der Waals surface area contributed by atoms with Crippen LogP contribution in [0.5, 0.6) is 0 Å². The van der Waals surface area contributed by atoms with E-state index < -0.39 is 0 Å². The van der Waals surface area contributed by atoms with Crippen molar-refractivity contribution in [2.45, 2.75) is 33.6 Å². The van der Waals surface area contributed by atoms with E-state index >= 15 is 0 Å². The first-order valence-corrected chi connectivity index (χ1v) is 9.44. The zero-order chi connectivity index (χ0) is 18.9. The van der Waals surface area contributed by atoms with Crippen LogP contribution in [0, 0.1) is 19.8 Å². The number of carbonyl (C=O) groups excluding carboxylic acids is 2. The molecule has 2 amide bonds. The van der Waals surface area contributed by atoms with E-state index in [1.807, 2.05) is 4.90 Å². The second kappa shape index (κ2) is 10.1. The number of nitrogens with one attached hydrogen (secondary N) is 2. The number of amides is 2. The van der Waals surface area contributed by atoms with E-state index in [9.17, 15) is 9.59 Å². The van der Waals surface area contributed by atoms with E-state index in [2.05, 4.69) is 54.8 Å². The third-order valence-corrected chi connectivity index (χ3v) is 4.92. The quantitative estimate of drug-likeness (QED) is 0.736. The first kappa shape index (κ1) is 20.2. The molecule has 1 fully saturated rings. The third-order valence-electron chi connectivity index (χ3n) is 4.92. The fourth-order valence-corrected chi connectivity index (χ4v) is 3.30. The van der Waals surface area contributed by atoms with Gasteiger partial charge in [0.2, 0.25) is 11.8 Å². The van der Waals surface area contributed by atoms with Crippen molar-refractivity contribution in [3.05, 3.63) is 41.0 Å². The van der Waals surface area contributed by atoms with E-state index in [1.54, 1.807) is 0 Å². The lowest BCUT2D eigenvalue weighted by Gasteiger charge is -2.31. The Hall–Kier alpha value is -2.14. The number of hydrogen-bond acceptors (Lipinski definition) is 3. The summed E-state index contributed by atoms with van der Waals surface area (Å²) in [6, 6.07) is 6.39. The molecule has 0 aromatic heterocycles. The highest BCUT2D eigenvalue weighted by molar-refractivity contribution is 5.78. The second-order valence-electron chi connectivity index (χ2n) is 7.04. The molecule has 26 heavy (non-hydrogen) atoms. The number of piperidine rings is 1. The Bertz CT molecular complexity index is 626. The largest absolute Gasteiger partial charge is 0.355 e. The predicted molar refractivity (Wildman–Crippen MR) is 106 cm³/mol. The highest BCUT2D eigenvalue weighted by atomic mass is 16.2. The molecule has 1 aliphatic heterocycles. The molecule has 1 saturated heterocycles. The Morgan fingerprint density at radius 2 is 1.81 bits per heavy atom. The standard InChI is InChI=1S/C21H31N3O2/c1-16-5-4-6-17(2)20(16)8-7-19-9-13-24(14-10-19)21(26)15-22-11-12-23-18(3)25/h4-8,19,22H,9-15H2,1-3H3,(H,23,25). The molecule has 0 atom stereocenters. The van der Waals surface area contributed by atoms with Gasteiger partial charge in [-0.15, -0.1) is 0 Å². The van der Waals surface area contributed by atoms with Gasteiger partial charge in [-0.25, -0.2) is 0 Å². The minimum absolute atomic E-state index is 0.0471. The summed E-state index contributed by atoms with van der Waals surface area (Å²) in [4.78, 5) is 24.9. The van der Waals surface area contributed by atoms with Crippen molar-refractivity contribution >= 4 is 17.9 Å². The molecule has 142 valence electrons. The van der Waals surface area contributed by atoms with Crippen LogP contribution in [-0.4, -0.2) is 49.4 Å². The molecule has 5 nitrogen and oxygen atoms in total. The van der Waals surface area contributed by atoms with E-state index in [1.165, 1.54) is 23.6 Å². The lowest BCUT2D eigenvalue weighted by atomic mass is 9.94. The Kier molecular flexibility index (Phi) is 7.85. The average Bonchev–Trinajstić information content (AvgIpc) is 2.61. The van der Waals surface area contributed by atoms with Crippen LogP contribution in [0.2, 0.25) is 0 Å². The normalized spacial score (nSPS) is 15.4. The summed E-state index contributed by atoms with van der Waals surface area (Å²) >= 11 is 0. The predicted octanol–water partition coefficient (Wildman–Crippen LogP) is 2.28. The third kappa shape index (κ3) is 6.30. The maximum absolute atomic E-state index is 12.2. The van der Waals surface area contributed by atoms with Crippen LogP contribution in [0.3, 0.4) is 0 Å². The van der Waals surface area contributed by atoms with Crippen LogP contribution < -0.4 is 10.6 Å². The molecule has 0 bridgehead atoms. The van der Waals surface area contributed by atoms with Crippen molar-refractivity contribution in [3.63, 3.8) is 0 Å². The molecule has 0 radical (unpaired) electrons. The van der Waals surface area contributed by atoms with Crippen molar-refractivity contribution in [1.82, 2.24) is 15.5 Å². The summed E-state index contributed by atoms with van der Waals surface area (Å²) in [6.45, 7) is 8.91. The fraction of sp³-hybridized carbons (Fsp3) is 0.524. The molecule has 2 N–H and O–H groups in total. The summed E-state index contributed by atoms with van der Waals surface area (Å²) in [6.07, 6.45) is 6.58. The molecule has 1 aromatic carbocycles. The molecular weight excluding hydrogens is 326 g/mol. The molecule has 0 aliphatic carbocycles. The van der Waals surface area contributed by atoms with Crippen molar-refractivity contribution in [2.24, 2.45) is 5.92 Å². The maximum Gasteiger partial charge on any atom is 0.236 e. The van der Waals surface area contributed by atoms with Crippen LogP contribution >= 0.6 is 0 Å². The number of benzene rings is 1. The molecule has 0 unspecified atom stereocenters. The van der Waals surface area contributed by atoms with E-state index in [-0.39, 0.29) is 11.8 Å². The van der Waals surface area contributed by atoms with Crippen molar-refractivity contribution < 1.29 is 9.59 Å². The lowest BCUT2D eigenvalue weighted by Crippen LogP contribution is -2.43. The first-order chi connectivity index (χ1) is 12.5. The minimum Gasteiger partial charge on any atom is -0.355 e. The number of rotatable bonds is 7. The van der Waals surface area contributed by atoms with Gasteiger partial charge in [0.1, 0.15) is 0 Å². The van der Waals surface area contributed by atoms with Gasteiger partial charge in [0.05, 0.1) is 6.54 Å². The van der Waals surface area contributed by atoms with Gasteiger partial charge in [-0.3, -0.25) is 9.59 Å². The Balaban J connectivity index is 1.72. The van der Waals surface area contributed by atoms with Crippen LogP contribution in [0.4, 0.5) is 0 Å². The summed E-state index contributed by atoms with van der Waals surface area (Å²) < 4.78 is 0. The van der Waals surface area contributed by atoms with Gasteiger partial charge in [0.15, 0.2) is 0 Å². The number of nitrogens with zero attached hydrogens (tertiary/aromatic N) is 1. The fourth-order valence-electron chi connectivity index (χ4n) is 3.30. The van der Waals surface area contributed by atoms with E-state index in [0.29, 0.717) is 25.6 Å². The molecule has 1 aromatic rings. The van der Waals surface area contributed by atoms with Gasteiger partial charge in [0, 0.05) is 33.1 Å². The monoisotopic (exact) mass is 357 g/mol. The van der Waals surface area contributed by atoms with Gasteiger partial charge in [-0.2, -0.15) is 0 Å². The van der Waals surface area contributed by atoms with E-state index in [0.717, 1.165) is 25.9 Å². The van der Waals surface area contributed by atoms with E-state index in [4.69, 9.17) is 0 Å². The molecule has 0 saturated carbocycles. The Morgan fingerprint density at radius 3 is 2.42 bits per heavy atom. The maximum atomic E-state index is 12.2. The minimum atomic E-state index is -0.0471. The molecule has 1 aliphatic rings. The summed E-state index contributed by atoms with van der Waals surface area (Å²) in [5.74, 6) is 0.630. The zero-order valence-electron chi connectivity index (χ0n) is 16.2. The lowest BCUT2D eigenvalue weighted by molar-refractivity contribution is -0.131. The number of aryl methyl sites for hydroxylation is 2. The SMILES string of the molecule is CC(=O)NCCNCC(=O)N1CCC(C=Cc2c(C)cccc2C)CC1. The highest BCUT2D eigenvalue weighted by Gasteiger charge is 2.20. The number of likely N-dealkylation sites (tertiary alicyclic amines) is 1. The number of hydrogen-bond donors (Lipinski definition) is 2. The number of carbonyl (C=O) groups is 2. The molecular formula is C21H31N3O2. The van der Waals surface area contributed by atoms with Crippen molar-refractivity contribution in [2.75, 3.05) is 32.7 Å². The Morgan fingerprint density at radius 1 is 1.15 bits per heavy atom. The first-order valence-electron chi connectivity index (χ1n) is 9.44. The van der Waals surface area contributed by atoms with Gasteiger partial charge >= 0.3 is 0 Å². The summed E-state index contributed by atoms with van der Waals surface area (Å²) in [7, 11) is 0. The summed E-state index contributed by atoms with van der Waals surface area (Å²) in [5, 5.41) is 5.79. The van der Waals surface area contributed by atoms with Crippen LogP contribution in [-0.2, 0) is 9.59 Å². The van der Waals surface area contributed by atoms with Gasteiger partial charge in [-0.1, -0.05) is 30.4 Å². The molecule has 2 rings (SSSR count). The zero-order valence-corrected chi connectivity index (χ0v) is 16.2. The van der Waals surface area contributed by atoms with Crippen LogP contribution in [0.25, 0.3) is 6.08 Å². The van der Waals surface area contributed by atoms with Gasteiger partial charge in [0.25, 0.3) is 0 Å².